The molecule has 0 bridgehead atoms. The summed E-state index contributed by atoms with van der Waals surface area (Å²) in [5.74, 6) is -0.389. The molecule has 0 saturated carbocycles. The number of carbonyl (C=O) groups is 1. The van der Waals surface area contributed by atoms with Crippen molar-refractivity contribution in [3.05, 3.63) is 12.2 Å². The van der Waals surface area contributed by atoms with Gasteiger partial charge in [-0.05, 0) is 32.1 Å². The van der Waals surface area contributed by atoms with Gasteiger partial charge in [-0.3, -0.25) is 9.36 Å². The number of rotatable bonds is 18. The monoisotopic (exact) mass is 484 g/mol. The zero-order chi connectivity index (χ0) is 22.8. The van der Waals surface area contributed by atoms with Crippen LogP contribution >= 0.6 is 7.82 Å². The Morgan fingerprint density at radius 1 is 1.00 bits per heavy atom. The Kier molecular flexibility index (Phi) is 20.8. The summed E-state index contributed by atoms with van der Waals surface area (Å²) < 4.78 is 26.1. The summed E-state index contributed by atoms with van der Waals surface area (Å²) in [6.07, 6.45) is 18.9. The fourth-order valence-corrected chi connectivity index (χ4v) is 4.24. The maximum absolute atomic E-state index is 12.0. The zero-order valence-electron chi connectivity index (χ0n) is 20.2. The van der Waals surface area contributed by atoms with Gasteiger partial charge in [-0.15, -0.1) is 0 Å². The average Bonchev–Trinajstić information content (AvgIpc) is 2.71. The van der Waals surface area contributed by atoms with Crippen LogP contribution in [0.25, 0.3) is 0 Å². The van der Waals surface area contributed by atoms with E-state index in [-0.39, 0.29) is 55.0 Å². The van der Waals surface area contributed by atoms with Crippen LogP contribution in [0.3, 0.4) is 0 Å². The fourth-order valence-electron chi connectivity index (χ4n) is 3.66. The second-order valence-electron chi connectivity index (χ2n) is 8.34. The minimum Gasteiger partial charge on any atom is -0.756 e. The molecular formula is C23H42NaO7P. The van der Waals surface area contributed by atoms with Crippen LogP contribution in [0.15, 0.2) is 12.2 Å². The number of unbranched alkanes of at least 4 members (excludes halogenated alkanes) is 11. The van der Waals surface area contributed by atoms with E-state index in [0.717, 1.165) is 32.1 Å². The van der Waals surface area contributed by atoms with Crippen molar-refractivity contribution >= 4 is 13.8 Å². The number of allylic oxidation sites excluding steroid dienone is 2. The number of phosphoric acid groups is 1. The molecule has 1 saturated heterocycles. The van der Waals surface area contributed by atoms with Crippen LogP contribution in [0.1, 0.15) is 103 Å². The van der Waals surface area contributed by atoms with E-state index in [9.17, 15) is 14.3 Å². The smallest absolute Gasteiger partial charge is 0.756 e. The van der Waals surface area contributed by atoms with Gasteiger partial charge in [0.25, 0.3) is 7.82 Å². The molecule has 0 aromatic heterocycles. The minimum atomic E-state index is -4.87. The third-order valence-corrected chi connectivity index (χ3v) is 5.97. The summed E-state index contributed by atoms with van der Waals surface area (Å²) in [5.41, 5.74) is 0. The average molecular weight is 485 g/mol. The minimum absolute atomic E-state index is 0. The number of esters is 1. The van der Waals surface area contributed by atoms with Crippen molar-refractivity contribution in [1.29, 1.82) is 0 Å². The molecule has 1 heterocycles. The van der Waals surface area contributed by atoms with Crippen LogP contribution in [-0.4, -0.2) is 36.3 Å². The molecule has 9 heteroatoms. The molecule has 1 aliphatic heterocycles. The predicted octanol–water partition coefficient (Wildman–Crippen LogP) is 2.21. The Morgan fingerprint density at radius 2 is 1.56 bits per heavy atom. The molecule has 182 valence electrons. The first-order chi connectivity index (χ1) is 14.9. The topological polar surface area (TPSA) is 105 Å². The number of phosphoric ester groups is 1. The van der Waals surface area contributed by atoms with Gasteiger partial charge in [0, 0.05) is 19.4 Å². The zero-order valence-corrected chi connectivity index (χ0v) is 23.1. The Hall–Kier alpha value is 0.280. The number of hydrogen-bond acceptors (Lipinski definition) is 6. The van der Waals surface area contributed by atoms with Crippen LogP contribution in [0, 0.1) is 0 Å². The molecule has 32 heavy (non-hydrogen) atoms. The van der Waals surface area contributed by atoms with E-state index in [4.69, 9.17) is 14.4 Å². The van der Waals surface area contributed by atoms with E-state index in [2.05, 4.69) is 23.6 Å². The van der Waals surface area contributed by atoms with Gasteiger partial charge in [0.2, 0.25) is 0 Å². The molecule has 1 N–H and O–H groups in total. The van der Waals surface area contributed by atoms with Crippen LogP contribution in [0.2, 0.25) is 0 Å². The van der Waals surface area contributed by atoms with Crippen LogP contribution in [0.5, 0.6) is 0 Å². The second-order valence-corrected chi connectivity index (χ2v) is 9.49. The summed E-state index contributed by atoms with van der Waals surface area (Å²) >= 11 is 0. The Morgan fingerprint density at radius 3 is 2.16 bits per heavy atom. The molecule has 0 aromatic carbocycles. The van der Waals surface area contributed by atoms with Crippen LogP contribution in [0.4, 0.5) is 0 Å². The van der Waals surface area contributed by atoms with Gasteiger partial charge in [0.15, 0.2) is 6.10 Å². The molecule has 1 aliphatic rings. The largest absolute Gasteiger partial charge is 1.00 e. The SMILES string of the molecule is CCCCCCCC/C=C\CCCCCCCC(=O)O[C@@H]1COCC[C@@H]1OP(=O)([O-])O.[Na+]. The van der Waals surface area contributed by atoms with E-state index < -0.39 is 20.0 Å². The molecule has 1 rings (SSSR count). The molecule has 7 nitrogen and oxygen atoms in total. The van der Waals surface area contributed by atoms with Crippen molar-refractivity contribution in [3.63, 3.8) is 0 Å². The van der Waals surface area contributed by atoms with Crippen molar-refractivity contribution in [2.45, 2.75) is 115 Å². The van der Waals surface area contributed by atoms with E-state index in [0.29, 0.717) is 6.61 Å². The van der Waals surface area contributed by atoms with Crippen molar-refractivity contribution in [3.8, 4) is 0 Å². The van der Waals surface area contributed by atoms with Gasteiger partial charge in [-0.2, -0.15) is 0 Å². The normalized spacial score (nSPS) is 20.6. The number of hydrogen-bond donors (Lipinski definition) is 1. The second kappa shape index (κ2) is 20.6. The Labute approximate surface area is 216 Å². The summed E-state index contributed by atoms with van der Waals surface area (Å²) in [6.45, 7) is 2.61. The van der Waals surface area contributed by atoms with Gasteiger partial charge in [0.05, 0.1) is 6.61 Å². The van der Waals surface area contributed by atoms with Crippen LogP contribution < -0.4 is 34.5 Å². The molecule has 1 fully saturated rings. The third-order valence-electron chi connectivity index (χ3n) is 5.44. The van der Waals surface area contributed by atoms with E-state index in [1.807, 2.05) is 0 Å². The molecule has 0 spiro atoms. The Balaban J connectivity index is 0.00000961. The van der Waals surface area contributed by atoms with Crippen molar-refractivity contribution < 1.29 is 62.7 Å². The first-order valence-corrected chi connectivity index (χ1v) is 13.6. The predicted molar refractivity (Wildman–Crippen MR) is 119 cm³/mol. The van der Waals surface area contributed by atoms with E-state index >= 15 is 0 Å². The van der Waals surface area contributed by atoms with Crippen molar-refractivity contribution in [1.82, 2.24) is 0 Å². The summed E-state index contributed by atoms with van der Waals surface area (Å²) in [4.78, 5) is 31.8. The third kappa shape index (κ3) is 18.7. The van der Waals surface area contributed by atoms with Gasteiger partial charge in [0.1, 0.15) is 6.10 Å². The first-order valence-electron chi connectivity index (χ1n) is 12.1. The van der Waals surface area contributed by atoms with Gasteiger partial charge >= 0.3 is 35.5 Å². The van der Waals surface area contributed by atoms with Gasteiger partial charge in [-0.1, -0.05) is 70.4 Å². The molecular weight excluding hydrogens is 442 g/mol. The maximum Gasteiger partial charge on any atom is 1.00 e. The molecule has 0 aliphatic carbocycles. The summed E-state index contributed by atoms with van der Waals surface area (Å²) in [5, 5.41) is 0. The van der Waals surface area contributed by atoms with Crippen LogP contribution in [-0.2, 0) is 23.4 Å². The number of carbonyl (C=O) groups excluding carboxylic acids is 1. The first kappa shape index (κ1) is 32.3. The molecule has 0 radical (unpaired) electrons. The molecule has 3 atom stereocenters. The molecule has 0 amide bonds. The Bertz CT molecular complexity index is 538. The van der Waals surface area contributed by atoms with Gasteiger partial charge < -0.3 is 23.8 Å². The molecule has 0 aromatic rings. The fraction of sp³-hybridized carbons (Fsp3) is 0.870. The van der Waals surface area contributed by atoms with E-state index in [1.54, 1.807) is 0 Å². The van der Waals surface area contributed by atoms with Gasteiger partial charge in [-0.25, -0.2) is 0 Å². The standard InChI is InChI=1S/C23H43O7P.Na/c1-2-3-4-5-6-7-8-9-10-11-12-13-14-15-16-17-23(24)29-22-20-28-19-18-21(22)30-31(25,26)27;/h9-10,21-22H,2-8,11-20H2,1H3,(H2,25,26,27);/q;+1/p-1/b10-9-;/t21-,22+;/m0./s1. The maximum atomic E-state index is 12.0. The van der Waals surface area contributed by atoms with Crippen molar-refractivity contribution in [2.75, 3.05) is 13.2 Å². The molecule has 1 unspecified atom stereocenters. The quantitative estimate of drug-likeness (QED) is 0.105. The summed E-state index contributed by atoms with van der Waals surface area (Å²) in [6, 6.07) is 0. The van der Waals surface area contributed by atoms with E-state index in [1.165, 1.54) is 51.4 Å². The summed E-state index contributed by atoms with van der Waals surface area (Å²) in [7, 11) is -4.87. The number of ether oxygens (including phenoxy) is 2. The van der Waals surface area contributed by atoms with Crippen molar-refractivity contribution in [2.24, 2.45) is 0 Å².